The Morgan fingerprint density at radius 1 is 1.00 bits per heavy atom. The number of nitrogens with zero attached hydrogens (tertiary/aromatic N) is 3. The quantitative estimate of drug-likeness (QED) is 0.515. The second kappa shape index (κ2) is 14.0. The van der Waals surface area contributed by atoms with Crippen molar-refractivity contribution < 1.29 is 46.2 Å². The zero-order chi connectivity index (χ0) is 18.5. The Morgan fingerprint density at radius 2 is 1.36 bits per heavy atom. The van der Waals surface area contributed by atoms with E-state index in [-0.39, 0.29) is 17.0 Å². The first-order valence-corrected chi connectivity index (χ1v) is 7.54. The highest BCUT2D eigenvalue weighted by Crippen LogP contribution is 1.99. The summed E-state index contributed by atoms with van der Waals surface area (Å²) in [5.74, 6) is 0.602. The van der Waals surface area contributed by atoms with E-state index in [0.717, 1.165) is 0 Å². The van der Waals surface area contributed by atoms with E-state index in [0.29, 0.717) is 24.6 Å². The second-order valence-corrected chi connectivity index (χ2v) is 4.89. The maximum Gasteiger partial charge on any atom is 0.210 e. The number of hydrogen-bond donors (Lipinski definition) is 2. The van der Waals surface area contributed by atoms with Crippen molar-refractivity contribution in [2.45, 2.75) is 13.8 Å². The van der Waals surface area contributed by atoms with Gasteiger partial charge in [-0.15, -0.1) is 0 Å². The Labute approximate surface area is 159 Å². The van der Waals surface area contributed by atoms with E-state index in [9.17, 15) is 9.90 Å². The molecule has 2 heterocycles. The molecule has 2 aromatic heterocycles. The van der Waals surface area contributed by atoms with Crippen LogP contribution in [0.25, 0.3) is 0 Å². The zero-order valence-electron chi connectivity index (χ0n) is 15.0. The first-order valence-electron chi connectivity index (χ1n) is 7.54. The number of hydrogen-bond acceptors (Lipinski definition) is 4. The molecule has 140 valence electrons. The topological polar surface area (TPSA) is 91.6 Å². The predicted molar refractivity (Wildman–Crippen MR) is 86.9 cm³/mol. The molecule has 0 bridgehead atoms. The number of aromatic nitrogens is 2. The van der Waals surface area contributed by atoms with Gasteiger partial charge in [0.15, 0.2) is 23.9 Å². The largest absolute Gasteiger partial charge is 1.00 e. The van der Waals surface area contributed by atoms with Gasteiger partial charge in [0.25, 0.3) is 0 Å². The van der Waals surface area contributed by atoms with Crippen molar-refractivity contribution in [3.63, 3.8) is 0 Å². The minimum absolute atomic E-state index is 0. The fourth-order valence-electron chi connectivity index (χ4n) is 1.63. The number of aromatic hydroxyl groups is 2. The minimum Gasteiger partial charge on any atom is -1.00 e. The maximum atomic E-state index is 9.98. The summed E-state index contributed by atoms with van der Waals surface area (Å²) in [5, 5.41) is 27.6. The van der Waals surface area contributed by atoms with Crippen molar-refractivity contribution in [1.82, 2.24) is 4.90 Å². The molecule has 0 saturated carbocycles. The van der Waals surface area contributed by atoms with E-state index < -0.39 is 6.09 Å². The number of halogens is 1. The molecule has 0 radical (unpaired) electrons. The molecule has 0 fully saturated rings. The van der Waals surface area contributed by atoms with Crippen LogP contribution in [-0.4, -0.2) is 34.3 Å². The molecule has 0 aromatic carbocycles. The van der Waals surface area contributed by atoms with E-state index in [1.807, 2.05) is 26.5 Å². The minimum atomic E-state index is -1.09. The Bertz CT molecular complexity index is 544. The molecule has 2 N–H and O–H groups in total. The standard InChI is InChI=1S/2C6H7NO.C5H11NO2.BrH/c2*1-7-4-2-3-6(8)5-7;1-3-6(4-2)5(7)8;/h2*2-5H,1H3;3-4H2,1-2H3,(H,7,8);1H. The van der Waals surface area contributed by atoms with Crippen molar-refractivity contribution in [3.8, 4) is 11.5 Å². The van der Waals surface area contributed by atoms with Crippen LogP contribution in [0.2, 0.25) is 0 Å². The van der Waals surface area contributed by atoms with Gasteiger partial charge in [0.05, 0.1) is 0 Å². The third-order valence-corrected chi connectivity index (χ3v) is 2.87. The number of aryl methyl sites for hydroxylation is 2. The molecular weight excluding hydrogens is 390 g/mol. The van der Waals surface area contributed by atoms with E-state index in [4.69, 9.17) is 10.2 Å². The molecule has 0 spiro atoms. The van der Waals surface area contributed by atoms with Gasteiger partial charge in [0, 0.05) is 25.2 Å². The number of amides is 1. The fraction of sp³-hybridized carbons (Fsp3) is 0.353. The van der Waals surface area contributed by atoms with Gasteiger partial charge in [0.2, 0.25) is 12.4 Å². The fourth-order valence-corrected chi connectivity index (χ4v) is 1.63. The van der Waals surface area contributed by atoms with Crippen molar-refractivity contribution in [2.24, 2.45) is 14.1 Å². The van der Waals surface area contributed by atoms with Crippen LogP contribution in [0.1, 0.15) is 13.8 Å². The van der Waals surface area contributed by atoms with Crippen molar-refractivity contribution in [1.29, 1.82) is 0 Å². The monoisotopic (exact) mass is 415 g/mol. The van der Waals surface area contributed by atoms with Crippen molar-refractivity contribution >= 4 is 6.09 Å². The van der Waals surface area contributed by atoms with Crippen LogP contribution in [0.5, 0.6) is 11.5 Å². The first-order chi connectivity index (χ1) is 11.3. The van der Waals surface area contributed by atoms with Crippen LogP contribution >= 0.6 is 0 Å². The molecule has 0 saturated heterocycles. The second-order valence-electron chi connectivity index (χ2n) is 4.89. The molecule has 7 nitrogen and oxygen atoms in total. The Morgan fingerprint density at radius 3 is 1.48 bits per heavy atom. The highest BCUT2D eigenvalue weighted by Gasteiger charge is 1.93. The van der Waals surface area contributed by atoms with Gasteiger partial charge in [-0.05, 0) is 26.0 Å². The smallest absolute Gasteiger partial charge is 0.210 e. The van der Waals surface area contributed by atoms with E-state index in [1.54, 1.807) is 59.6 Å². The highest BCUT2D eigenvalue weighted by atomic mass is 79.9. The first kappa shape index (κ1) is 24.9. The lowest BCUT2D eigenvalue weighted by molar-refractivity contribution is -0.671. The normalized spacial score (nSPS) is 8.64. The van der Waals surface area contributed by atoms with Crippen LogP contribution in [0.4, 0.5) is 4.79 Å². The number of pyridine rings is 2. The zero-order valence-corrected chi connectivity index (χ0v) is 16.5. The number of rotatable bonds is 2. The third-order valence-electron chi connectivity index (χ3n) is 2.87. The summed E-state index contributed by atoms with van der Waals surface area (Å²) >= 11 is 0. The van der Waals surface area contributed by atoms with E-state index in [2.05, 4.69) is 0 Å². The third kappa shape index (κ3) is 12.7. The lowest BCUT2D eigenvalue weighted by Crippen LogP contribution is -3.00. The lowest BCUT2D eigenvalue weighted by Gasteiger charge is -2.20. The average molecular weight is 416 g/mol. The molecule has 2 aromatic rings. The van der Waals surface area contributed by atoms with Crippen LogP contribution in [-0.2, 0) is 14.1 Å². The molecule has 0 unspecified atom stereocenters. The lowest BCUT2D eigenvalue weighted by atomic mass is 10.5. The van der Waals surface area contributed by atoms with Crippen LogP contribution in [0, 0.1) is 0 Å². The summed E-state index contributed by atoms with van der Waals surface area (Å²) in [4.78, 5) is 11.2. The van der Waals surface area contributed by atoms with Gasteiger partial charge >= 0.3 is 0 Å². The number of carboxylic acid groups (broad SMARTS) is 1. The maximum absolute atomic E-state index is 9.98. The Kier molecular flexibility index (Phi) is 14.0. The molecule has 25 heavy (non-hydrogen) atoms. The summed E-state index contributed by atoms with van der Waals surface area (Å²) < 4.78 is 3.57. The van der Waals surface area contributed by atoms with E-state index in [1.165, 1.54) is 4.90 Å². The number of carbonyl (C=O) groups excluding carboxylic acids is 1. The van der Waals surface area contributed by atoms with Crippen molar-refractivity contribution in [2.75, 3.05) is 13.1 Å². The van der Waals surface area contributed by atoms with Crippen molar-refractivity contribution in [3.05, 3.63) is 49.1 Å². The molecule has 0 atom stereocenters. The molecule has 1 amide bonds. The van der Waals surface area contributed by atoms with Crippen LogP contribution in [0.3, 0.4) is 0 Å². The summed E-state index contributed by atoms with van der Waals surface area (Å²) in [6, 6.07) is 6.85. The Hall–Kier alpha value is -2.35. The van der Waals surface area contributed by atoms with Gasteiger partial charge in [-0.2, -0.15) is 0 Å². The molecule has 0 aliphatic rings. The summed E-state index contributed by atoms with van der Waals surface area (Å²) in [7, 11) is 3.72. The van der Waals surface area contributed by atoms with Gasteiger partial charge < -0.3 is 42.0 Å². The predicted octanol–water partition coefficient (Wildman–Crippen LogP) is -2.89. The van der Waals surface area contributed by atoms with Crippen LogP contribution < -0.4 is 31.2 Å². The van der Waals surface area contributed by atoms with Crippen LogP contribution in [0.15, 0.2) is 49.1 Å². The van der Waals surface area contributed by atoms with Gasteiger partial charge in [-0.25, -0.2) is 9.13 Å². The molecule has 8 heteroatoms. The van der Waals surface area contributed by atoms with Gasteiger partial charge in [-0.3, -0.25) is 0 Å². The molecule has 0 aliphatic carbocycles. The SMILES string of the molecule is CCN(CC)C(=O)[O-].C[n+]1cccc(O)c1.C[n+]1cccc(O)c1.[Br-]. The van der Waals surface area contributed by atoms with Gasteiger partial charge in [0.1, 0.15) is 20.2 Å². The van der Waals surface area contributed by atoms with Gasteiger partial charge in [-0.1, -0.05) is 0 Å². The van der Waals surface area contributed by atoms with E-state index >= 15 is 0 Å². The Balaban J connectivity index is 0. The molecule has 0 aliphatic heterocycles. The summed E-state index contributed by atoms with van der Waals surface area (Å²) in [6.07, 6.45) is 5.91. The summed E-state index contributed by atoms with van der Waals surface area (Å²) in [5.41, 5.74) is 0. The highest BCUT2D eigenvalue weighted by molar-refractivity contribution is 5.62. The number of carbonyl (C=O) groups is 1. The average Bonchev–Trinajstić information content (AvgIpc) is 2.49. The molecule has 2 rings (SSSR count). The molecular formula is C17H26BrN3O4. The summed E-state index contributed by atoms with van der Waals surface area (Å²) in [6.45, 7) is 4.58.